The first kappa shape index (κ1) is 14.3. The second-order valence-corrected chi connectivity index (χ2v) is 5.11. The Morgan fingerprint density at radius 2 is 1.74 bits per heavy atom. The van der Waals surface area contributed by atoms with Crippen molar-refractivity contribution in [1.82, 2.24) is 4.90 Å². The minimum atomic E-state index is -4.29. The van der Waals surface area contributed by atoms with Crippen LogP contribution in [0.1, 0.15) is 25.0 Å². The number of halogens is 3. The van der Waals surface area contributed by atoms with Crippen molar-refractivity contribution in [2.24, 2.45) is 0 Å². The minimum absolute atomic E-state index is 0.0572. The van der Waals surface area contributed by atoms with Crippen molar-refractivity contribution < 1.29 is 17.9 Å². The molecular weight excluding hydrogens is 255 g/mol. The van der Waals surface area contributed by atoms with E-state index in [4.69, 9.17) is 4.74 Å². The number of rotatable bonds is 2. The van der Waals surface area contributed by atoms with Gasteiger partial charge in [-0.25, -0.2) is 0 Å². The van der Waals surface area contributed by atoms with Gasteiger partial charge in [-0.1, -0.05) is 18.2 Å². The molecule has 1 aromatic carbocycles. The molecule has 2 rings (SSSR count). The van der Waals surface area contributed by atoms with Crippen molar-refractivity contribution in [3.63, 3.8) is 0 Å². The highest BCUT2D eigenvalue weighted by atomic mass is 19.4. The third-order valence-corrected chi connectivity index (χ3v) is 3.21. The average Bonchev–Trinajstić information content (AvgIpc) is 2.26. The lowest BCUT2D eigenvalue weighted by molar-refractivity contribution is -0.138. The number of benzene rings is 1. The van der Waals surface area contributed by atoms with Crippen LogP contribution in [0.5, 0.6) is 0 Å². The summed E-state index contributed by atoms with van der Waals surface area (Å²) >= 11 is 0. The quantitative estimate of drug-likeness (QED) is 0.819. The van der Waals surface area contributed by atoms with E-state index in [0.717, 1.165) is 6.07 Å². The van der Waals surface area contributed by atoms with E-state index < -0.39 is 11.7 Å². The largest absolute Gasteiger partial charge is 0.416 e. The Kier molecular flexibility index (Phi) is 4.16. The van der Waals surface area contributed by atoms with E-state index >= 15 is 0 Å². The topological polar surface area (TPSA) is 12.5 Å². The summed E-state index contributed by atoms with van der Waals surface area (Å²) in [4.78, 5) is 2.02. The lowest BCUT2D eigenvalue weighted by Gasteiger charge is -2.35. The molecule has 1 fully saturated rings. The molecule has 1 aromatic rings. The van der Waals surface area contributed by atoms with Gasteiger partial charge in [0.05, 0.1) is 17.8 Å². The van der Waals surface area contributed by atoms with Gasteiger partial charge in [-0.05, 0) is 25.5 Å². The van der Waals surface area contributed by atoms with Crippen molar-refractivity contribution in [3.05, 3.63) is 35.4 Å². The first-order valence-electron chi connectivity index (χ1n) is 6.39. The summed E-state index contributed by atoms with van der Waals surface area (Å²) in [5.74, 6) is 0. The van der Waals surface area contributed by atoms with Crippen LogP contribution in [0.2, 0.25) is 0 Å². The Labute approximate surface area is 111 Å². The van der Waals surface area contributed by atoms with E-state index in [1.807, 2.05) is 18.7 Å². The Morgan fingerprint density at radius 3 is 2.32 bits per heavy atom. The van der Waals surface area contributed by atoms with E-state index in [9.17, 15) is 13.2 Å². The zero-order chi connectivity index (χ0) is 14.0. The van der Waals surface area contributed by atoms with Gasteiger partial charge in [0, 0.05) is 19.6 Å². The Hall–Kier alpha value is -1.07. The molecule has 1 aliphatic heterocycles. The Bertz CT molecular complexity index is 423. The van der Waals surface area contributed by atoms with E-state index in [-0.39, 0.29) is 12.2 Å². The summed E-state index contributed by atoms with van der Waals surface area (Å²) in [5, 5.41) is 0. The van der Waals surface area contributed by atoms with Gasteiger partial charge in [0.15, 0.2) is 0 Å². The van der Waals surface area contributed by atoms with Gasteiger partial charge in [-0.2, -0.15) is 13.2 Å². The second kappa shape index (κ2) is 5.51. The maximum Gasteiger partial charge on any atom is 0.416 e. The van der Waals surface area contributed by atoms with Gasteiger partial charge in [-0.3, -0.25) is 4.90 Å². The lowest BCUT2D eigenvalue weighted by Crippen LogP contribution is -2.45. The van der Waals surface area contributed by atoms with Crippen LogP contribution in [-0.4, -0.2) is 30.2 Å². The molecule has 1 saturated heterocycles. The molecule has 0 saturated carbocycles. The summed E-state index contributed by atoms with van der Waals surface area (Å²) in [6.45, 7) is 5.53. The highest BCUT2D eigenvalue weighted by Crippen LogP contribution is 2.32. The second-order valence-electron chi connectivity index (χ2n) is 5.11. The van der Waals surface area contributed by atoms with Crippen LogP contribution in [0.4, 0.5) is 13.2 Å². The zero-order valence-electron chi connectivity index (χ0n) is 11.1. The molecule has 2 nitrogen and oxygen atoms in total. The highest BCUT2D eigenvalue weighted by molar-refractivity contribution is 5.29. The fourth-order valence-corrected chi connectivity index (χ4v) is 2.59. The maximum atomic E-state index is 12.9. The molecule has 19 heavy (non-hydrogen) atoms. The first-order valence-corrected chi connectivity index (χ1v) is 6.39. The predicted molar refractivity (Wildman–Crippen MR) is 66.7 cm³/mol. The summed E-state index contributed by atoms with van der Waals surface area (Å²) in [6, 6.07) is 5.77. The van der Waals surface area contributed by atoms with Gasteiger partial charge >= 0.3 is 6.18 Å². The summed E-state index contributed by atoms with van der Waals surface area (Å²) in [7, 11) is 0. The monoisotopic (exact) mass is 273 g/mol. The lowest BCUT2D eigenvalue weighted by atomic mass is 10.1. The summed E-state index contributed by atoms with van der Waals surface area (Å²) in [6.07, 6.45) is -4.18. The van der Waals surface area contributed by atoms with Crippen molar-refractivity contribution in [1.29, 1.82) is 0 Å². The van der Waals surface area contributed by atoms with Crippen molar-refractivity contribution in [2.75, 3.05) is 13.1 Å². The molecule has 0 spiro atoms. The zero-order valence-corrected chi connectivity index (χ0v) is 11.1. The van der Waals surface area contributed by atoms with Crippen LogP contribution < -0.4 is 0 Å². The van der Waals surface area contributed by atoms with E-state index in [1.165, 1.54) is 6.07 Å². The third-order valence-electron chi connectivity index (χ3n) is 3.21. The van der Waals surface area contributed by atoms with Crippen LogP contribution in [0.15, 0.2) is 24.3 Å². The first-order chi connectivity index (χ1) is 8.86. The predicted octanol–water partition coefficient (Wildman–Crippen LogP) is 3.31. The SMILES string of the molecule is C[C@@H]1CN(Cc2ccccc2C(F)(F)F)C[C@H](C)O1. The number of morpholine rings is 1. The van der Waals surface area contributed by atoms with Crippen LogP contribution >= 0.6 is 0 Å². The van der Waals surface area contributed by atoms with Gasteiger partial charge in [0.2, 0.25) is 0 Å². The number of hydrogen-bond acceptors (Lipinski definition) is 2. The van der Waals surface area contributed by atoms with Crippen molar-refractivity contribution in [2.45, 2.75) is 38.8 Å². The van der Waals surface area contributed by atoms with Crippen molar-refractivity contribution >= 4 is 0 Å². The average molecular weight is 273 g/mol. The molecule has 0 unspecified atom stereocenters. The fraction of sp³-hybridized carbons (Fsp3) is 0.571. The molecule has 5 heteroatoms. The van der Waals surface area contributed by atoms with E-state index in [1.54, 1.807) is 12.1 Å². The molecule has 0 aromatic heterocycles. The van der Waals surface area contributed by atoms with Gasteiger partial charge in [0.1, 0.15) is 0 Å². The van der Waals surface area contributed by atoms with Crippen LogP contribution in [0, 0.1) is 0 Å². The van der Waals surface area contributed by atoms with Gasteiger partial charge in [-0.15, -0.1) is 0 Å². The number of nitrogens with zero attached hydrogens (tertiary/aromatic N) is 1. The maximum absolute atomic E-state index is 12.9. The fourth-order valence-electron chi connectivity index (χ4n) is 2.59. The normalized spacial score (nSPS) is 25.5. The Morgan fingerprint density at radius 1 is 1.16 bits per heavy atom. The number of alkyl halides is 3. The molecule has 0 N–H and O–H groups in total. The molecule has 106 valence electrons. The summed E-state index contributed by atoms with van der Waals surface area (Å²) < 4.78 is 44.3. The van der Waals surface area contributed by atoms with E-state index in [0.29, 0.717) is 25.2 Å². The standard InChI is InChI=1S/C14H18F3NO/c1-10-7-18(8-11(2)19-10)9-12-5-3-4-6-13(12)14(15,16)17/h3-6,10-11H,7-9H2,1-2H3/t10-,11+. The van der Waals surface area contributed by atoms with Crippen LogP contribution in [-0.2, 0) is 17.5 Å². The minimum Gasteiger partial charge on any atom is -0.373 e. The van der Waals surface area contributed by atoms with E-state index in [2.05, 4.69) is 0 Å². The smallest absolute Gasteiger partial charge is 0.373 e. The summed E-state index contributed by atoms with van der Waals surface area (Å²) in [5.41, 5.74) is -0.210. The molecular formula is C14H18F3NO. The van der Waals surface area contributed by atoms with Gasteiger partial charge < -0.3 is 4.74 Å². The third kappa shape index (κ3) is 3.70. The molecule has 0 aliphatic carbocycles. The number of ether oxygens (including phenoxy) is 1. The van der Waals surface area contributed by atoms with Gasteiger partial charge in [0.25, 0.3) is 0 Å². The number of hydrogen-bond donors (Lipinski definition) is 0. The molecule has 0 bridgehead atoms. The highest BCUT2D eigenvalue weighted by Gasteiger charge is 2.33. The molecule has 1 aliphatic rings. The molecule has 2 atom stereocenters. The Balaban J connectivity index is 2.15. The molecule has 1 heterocycles. The van der Waals surface area contributed by atoms with Crippen LogP contribution in [0.25, 0.3) is 0 Å². The van der Waals surface area contributed by atoms with Crippen molar-refractivity contribution in [3.8, 4) is 0 Å². The van der Waals surface area contributed by atoms with Crippen LogP contribution in [0.3, 0.4) is 0 Å². The molecule has 0 radical (unpaired) electrons. The molecule has 0 amide bonds.